The average Bonchev–Trinajstić information content (AvgIpc) is 2.94. The first-order valence-corrected chi connectivity index (χ1v) is 8.46. The molecule has 6 nitrogen and oxygen atoms in total. The summed E-state index contributed by atoms with van der Waals surface area (Å²) in [5, 5.41) is 0.779. The van der Waals surface area contributed by atoms with E-state index < -0.39 is 0 Å². The van der Waals surface area contributed by atoms with Crippen LogP contribution in [0, 0.1) is 0 Å². The third-order valence-electron chi connectivity index (χ3n) is 4.27. The second-order valence-corrected chi connectivity index (χ2v) is 6.70. The van der Waals surface area contributed by atoms with Crippen LogP contribution < -0.4 is 0 Å². The van der Waals surface area contributed by atoms with Crippen molar-refractivity contribution in [1.82, 2.24) is 14.2 Å². The smallest absolute Gasteiger partial charge is 0.341 e. The van der Waals surface area contributed by atoms with Gasteiger partial charge >= 0.3 is 5.97 Å². The van der Waals surface area contributed by atoms with Crippen LogP contribution in [-0.2, 0) is 4.74 Å². The molecular weight excluding hydrogens is 330 g/mol. The summed E-state index contributed by atoms with van der Waals surface area (Å²) in [4.78, 5) is 28.5. The Morgan fingerprint density at radius 3 is 2.50 bits per heavy atom. The van der Waals surface area contributed by atoms with E-state index in [9.17, 15) is 9.59 Å². The van der Waals surface area contributed by atoms with Crippen LogP contribution in [0.2, 0.25) is 0 Å². The Kier molecular flexibility index (Phi) is 4.95. The summed E-state index contributed by atoms with van der Waals surface area (Å²) < 4.78 is 7.38. The molecule has 0 bridgehead atoms. The van der Waals surface area contributed by atoms with E-state index in [-0.39, 0.29) is 11.9 Å². The Bertz CT molecular complexity index is 973. The van der Waals surface area contributed by atoms with Gasteiger partial charge < -0.3 is 18.9 Å². The molecule has 6 heteroatoms. The van der Waals surface area contributed by atoms with Crippen LogP contribution in [0.1, 0.15) is 20.7 Å². The molecule has 0 saturated heterocycles. The van der Waals surface area contributed by atoms with Gasteiger partial charge in [-0.3, -0.25) is 4.79 Å². The van der Waals surface area contributed by atoms with Crippen molar-refractivity contribution in [2.45, 2.75) is 0 Å². The first kappa shape index (κ1) is 17.9. The number of esters is 1. The van der Waals surface area contributed by atoms with Crippen LogP contribution in [0.5, 0.6) is 0 Å². The fourth-order valence-corrected chi connectivity index (χ4v) is 2.94. The summed E-state index contributed by atoms with van der Waals surface area (Å²) in [5.41, 5.74) is 2.70. The van der Waals surface area contributed by atoms with Crippen molar-refractivity contribution < 1.29 is 14.3 Å². The summed E-state index contributed by atoms with van der Waals surface area (Å²) in [5.74, 6) is -0.426. The number of rotatable bonds is 5. The largest absolute Gasteiger partial charge is 0.461 e. The molecule has 0 radical (unpaired) electrons. The molecule has 3 rings (SSSR count). The maximum absolute atomic E-state index is 12.7. The van der Waals surface area contributed by atoms with Crippen molar-refractivity contribution in [1.29, 1.82) is 0 Å². The predicted molar refractivity (Wildman–Crippen MR) is 102 cm³/mol. The minimum absolute atomic E-state index is 0.0760. The van der Waals surface area contributed by atoms with Gasteiger partial charge in [-0.1, -0.05) is 12.1 Å². The number of benzene rings is 1. The standard InChI is InChI=1S/C20H23N3O3/c1-21(2)11-12-26-20(25)18-15-9-8-14(19(24)22(3)4)13-17(15)23-10-6-5-7-16(18)23/h5-10,13H,11-12H2,1-4H3. The molecule has 0 atom stereocenters. The van der Waals surface area contributed by atoms with Gasteiger partial charge in [0.15, 0.2) is 0 Å². The van der Waals surface area contributed by atoms with Crippen molar-refractivity contribution in [2.24, 2.45) is 0 Å². The minimum Gasteiger partial charge on any atom is -0.461 e. The molecular formula is C20H23N3O3. The number of hydrogen-bond donors (Lipinski definition) is 0. The molecule has 0 saturated carbocycles. The lowest BCUT2D eigenvalue weighted by Gasteiger charge is -2.10. The Hall–Kier alpha value is -2.86. The molecule has 0 unspecified atom stereocenters. The third kappa shape index (κ3) is 3.28. The minimum atomic E-state index is -0.350. The first-order valence-electron chi connectivity index (χ1n) is 8.46. The number of hydrogen-bond acceptors (Lipinski definition) is 4. The number of amides is 1. The number of carbonyl (C=O) groups excluding carboxylic acids is 2. The fraction of sp³-hybridized carbons (Fsp3) is 0.300. The Morgan fingerprint density at radius 1 is 1.04 bits per heavy atom. The lowest BCUT2D eigenvalue weighted by atomic mass is 10.1. The van der Waals surface area contributed by atoms with Gasteiger partial charge in [-0.15, -0.1) is 0 Å². The van der Waals surface area contributed by atoms with Crippen molar-refractivity contribution >= 4 is 28.3 Å². The van der Waals surface area contributed by atoms with E-state index in [1.807, 2.05) is 59.9 Å². The van der Waals surface area contributed by atoms with Gasteiger partial charge in [0.25, 0.3) is 5.91 Å². The monoisotopic (exact) mass is 353 g/mol. The maximum atomic E-state index is 12.7. The highest BCUT2D eigenvalue weighted by Crippen LogP contribution is 2.28. The van der Waals surface area contributed by atoms with Gasteiger partial charge in [0, 0.05) is 37.8 Å². The van der Waals surface area contributed by atoms with E-state index in [2.05, 4.69) is 0 Å². The number of ether oxygens (including phenoxy) is 1. The molecule has 0 N–H and O–H groups in total. The molecule has 0 aliphatic heterocycles. The second kappa shape index (κ2) is 7.17. The molecule has 136 valence electrons. The van der Waals surface area contributed by atoms with Gasteiger partial charge in [-0.25, -0.2) is 4.79 Å². The highest BCUT2D eigenvalue weighted by Gasteiger charge is 2.20. The van der Waals surface area contributed by atoms with Crippen LogP contribution >= 0.6 is 0 Å². The van der Waals surface area contributed by atoms with Crippen molar-refractivity contribution in [2.75, 3.05) is 41.3 Å². The van der Waals surface area contributed by atoms with E-state index in [4.69, 9.17) is 4.74 Å². The molecule has 0 aliphatic rings. The highest BCUT2D eigenvalue weighted by atomic mass is 16.5. The molecule has 0 aliphatic carbocycles. The lowest BCUT2D eigenvalue weighted by Crippen LogP contribution is -2.21. The Balaban J connectivity index is 2.10. The molecule has 1 amide bonds. The maximum Gasteiger partial charge on any atom is 0.341 e. The topological polar surface area (TPSA) is 54.3 Å². The predicted octanol–water partition coefficient (Wildman–Crippen LogP) is 2.51. The Morgan fingerprint density at radius 2 is 1.81 bits per heavy atom. The first-order chi connectivity index (χ1) is 12.4. The molecule has 3 aromatic rings. The number of carbonyl (C=O) groups is 2. The normalized spacial score (nSPS) is 11.3. The zero-order valence-electron chi connectivity index (χ0n) is 15.5. The van der Waals surface area contributed by atoms with E-state index in [1.165, 1.54) is 4.90 Å². The SMILES string of the molecule is CN(C)CCOC(=O)c1c2ccc(C(=O)N(C)C)cc2n2ccccc12. The Labute approximate surface area is 152 Å². The molecule has 26 heavy (non-hydrogen) atoms. The summed E-state index contributed by atoms with van der Waals surface area (Å²) in [6, 6.07) is 11.1. The van der Waals surface area contributed by atoms with Crippen LogP contribution in [0.15, 0.2) is 42.6 Å². The molecule has 2 heterocycles. The second-order valence-electron chi connectivity index (χ2n) is 6.70. The van der Waals surface area contributed by atoms with Gasteiger partial charge in [0.2, 0.25) is 0 Å². The number of likely N-dealkylation sites (N-methyl/N-ethyl adjacent to an activating group) is 1. The van der Waals surface area contributed by atoms with Crippen LogP contribution in [-0.4, -0.2) is 67.4 Å². The van der Waals surface area contributed by atoms with E-state index in [0.717, 1.165) is 16.4 Å². The van der Waals surface area contributed by atoms with Crippen molar-refractivity contribution in [3.63, 3.8) is 0 Å². The highest BCUT2D eigenvalue weighted by molar-refractivity contribution is 6.12. The fourth-order valence-electron chi connectivity index (χ4n) is 2.94. The van der Waals surface area contributed by atoms with E-state index in [1.54, 1.807) is 20.2 Å². The zero-order chi connectivity index (χ0) is 18.8. The van der Waals surface area contributed by atoms with E-state index in [0.29, 0.717) is 24.3 Å². The summed E-state index contributed by atoms with van der Waals surface area (Å²) >= 11 is 0. The number of nitrogens with zero attached hydrogens (tertiary/aromatic N) is 3. The van der Waals surface area contributed by atoms with Gasteiger partial charge in [-0.2, -0.15) is 0 Å². The van der Waals surface area contributed by atoms with E-state index >= 15 is 0 Å². The average molecular weight is 353 g/mol. The van der Waals surface area contributed by atoms with Gasteiger partial charge in [0.1, 0.15) is 6.61 Å². The number of fused-ring (bicyclic) bond motifs is 3. The molecule has 1 aromatic carbocycles. The quantitative estimate of drug-likeness (QED) is 0.662. The van der Waals surface area contributed by atoms with Crippen LogP contribution in [0.4, 0.5) is 0 Å². The van der Waals surface area contributed by atoms with Crippen molar-refractivity contribution in [3.05, 3.63) is 53.7 Å². The van der Waals surface area contributed by atoms with Gasteiger partial charge in [0.05, 0.1) is 16.6 Å². The van der Waals surface area contributed by atoms with Crippen molar-refractivity contribution in [3.8, 4) is 0 Å². The van der Waals surface area contributed by atoms with Gasteiger partial charge in [-0.05, 0) is 38.4 Å². The zero-order valence-corrected chi connectivity index (χ0v) is 15.5. The number of pyridine rings is 1. The summed E-state index contributed by atoms with van der Waals surface area (Å²) in [6.07, 6.45) is 1.89. The molecule has 2 aromatic heterocycles. The summed E-state index contributed by atoms with van der Waals surface area (Å²) in [7, 11) is 7.30. The molecule has 0 fully saturated rings. The third-order valence-corrected chi connectivity index (χ3v) is 4.27. The van der Waals surface area contributed by atoms with Crippen LogP contribution in [0.3, 0.4) is 0 Å². The summed E-state index contributed by atoms with van der Waals surface area (Å²) in [6.45, 7) is 0.992. The lowest BCUT2D eigenvalue weighted by molar-refractivity contribution is 0.0486. The molecule has 0 spiro atoms. The van der Waals surface area contributed by atoms with Crippen LogP contribution in [0.25, 0.3) is 16.4 Å². The number of aromatic nitrogens is 1.